The Morgan fingerprint density at radius 1 is 1.21 bits per heavy atom. The zero-order valence-corrected chi connectivity index (χ0v) is 19.3. The Morgan fingerprint density at radius 2 is 1.89 bits per heavy atom. The van der Waals surface area contributed by atoms with Gasteiger partial charge in [0, 0.05) is 22.7 Å². The number of nitrogens with one attached hydrogen (secondary N) is 1. The van der Waals surface area contributed by atoms with Gasteiger partial charge in [-0.25, -0.2) is 4.79 Å². The Hall–Kier alpha value is -1.21. The summed E-state index contributed by atoms with van der Waals surface area (Å²) < 4.78 is 7.35. The normalized spacial score (nSPS) is 14.1. The standard InChI is InChI=1S/C20H17Br2Cl2NO3/c21-15-6-11(4-5-18(26)27)7-16(22)20(15)28-10-12-8-13(23)9-17(19(12)24)25-14-2-1-3-14/h4-9,14,25H,1-3,10H2,(H,26,27). The van der Waals surface area contributed by atoms with E-state index >= 15 is 0 Å². The van der Waals surface area contributed by atoms with Crippen LogP contribution in [0.2, 0.25) is 10.0 Å². The van der Waals surface area contributed by atoms with Gasteiger partial charge in [0.1, 0.15) is 12.4 Å². The molecule has 0 heterocycles. The maximum Gasteiger partial charge on any atom is 0.328 e. The lowest BCUT2D eigenvalue weighted by atomic mass is 9.93. The van der Waals surface area contributed by atoms with E-state index in [0.717, 1.165) is 35.7 Å². The maximum atomic E-state index is 10.7. The van der Waals surface area contributed by atoms with Gasteiger partial charge >= 0.3 is 5.97 Å². The molecule has 0 bridgehead atoms. The Bertz CT molecular complexity index is 907. The van der Waals surface area contributed by atoms with Crippen molar-refractivity contribution in [3.8, 4) is 5.75 Å². The van der Waals surface area contributed by atoms with E-state index in [0.29, 0.717) is 30.8 Å². The minimum atomic E-state index is -1.01. The summed E-state index contributed by atoms with van der Waals surface area (Å²) in [5, 5.41) is 13.4. The number of aliphatic carboxylic acids is 1. The molecule has 4 nitrogen and oxygen atoms in total. The molecule has 1 aliphatic carbocycles. The van der Waals surface area contributed by atoms with Crippen LogP contribution >= 0.6 is 55.1 Å². The predicted molar refractivity (Wildman–Crippen MR) is 121 cm³/mol. The first-order valence-corrected chi connectivity index (χ1v) is 10.9. The summed E-state index contributed by atoms with van der Waals surface area (Å²) in [6.07, 6.45) is 6.09. The fourth-order valence-corrected chi connectivity index (χ4v) is 4.67. The molecule has 0 radical (unpaired) electrons. The Morgan fingerprint density at radius 3 is 2.46 bits per heavy atom. The van der Waals surface area contributed by atoms with Crippen molar-refractivity contribution in [1.82, 2.24) is 0 Å². The van der Waals surface area contributed by atoms with Gasteiger partial charge in [0.15, 0.2) is 0 Å². The summed E-state index contributed by atoms with van der Waals surface area (Å²) >= 11 is 19.8. The van der Waals surface area contributed by atoms with E-state index < -0.39 is 5.97 Å². The van der Waals surface area contributed by atoms with Crippen molar-refractivity contribution in [3.05, 3.63) is 60.5 Å². The zero-order chi connectivity index (χ0) is 20.3. The lowest BCUT2D eigenvalue weighted by molar-refractivity contribution is -0.131. The molecular formula is C20H17Br2Cl2NO3. The number of carbonyl (C=O) groups is 1. The number of rotatable bonds is 7. The van der Waals surface area contributed by atoms with Gasteiger partial charge < -0.3 is 15.2 Å². The molecule has 2 aromatic rings. The fraction of sp³-hybridized carbons (Fsp3) is 0.250. The van der Waals surface area contributed by atoms with Crippen LogP contribution in [0.4, 0.5) is 5.69 Å². The van der Waals surface area contributed by atoms with E-state index in [9.17, 15) is 4.79 Å². The minimum Gasteiger partial charge on any atom is -0.486 e. The van der Waals surface area contributed by atoms with Crippen LogP contribution in [-0.4, -0.2) is 17.1 Å². The van der Waals surface area contributed by atoms with E-state index in [4.69, 9.17) is 33.0 Å². The largest absolute Gasteiger partial charge is 0.486 e. The van der Waals surface area contributed by atoms with Gasteiger partial charge in [-0.05, 0) is 87.0 Å². The second-order valence-corrected chi connectivity index (χ2v) is 9.00. The molecule has 0 saturated heterocycles. The summed E-state index contributed by atoms with van der Waals surface area (Å²) in [5.41, 5.74) is 2.33. The first-order valence-electron chi connectivity index (χ1n) is 8.61. The lowest BCUT2D eigenvalue weighted by Gasteiger charge is -2.28. The Kier molecular flexibility index (Phi) is 7.31. The topological polar surface area (TPSA) is 58.6 Å². The summed E-state index contributed by atoms with van der Waals surface area (Å²) in [6, 6.07) is 7.63. The molecule has 1 fully saturated rings. The summed E-state index contributed by atoms with van der Waals surface area (Å²) in [4.78, 5) is 10.7. The van der Waals surface area contributed by atoms with Crippen LogP contribution in [0.1, 0.15) is 30.4 Å². The van der Waals surface area contributed by atoms with Gasteiger partial charge in [-0.2, -0.15) is 0 Å². The highest BCUT2D eigenvalue weighted by Gasteiger charge is 2.19. The first kappa shape index (κ1) is 21.5. The number of carboxylic acid groups (broad SMARTS) is 1. The minimum absolute atomic E-state index is 0.236. The van der Waals surface area contributed by atoms with E-state index in [1.54, 1.807) is 18.2 Å². The molecule has 1 aliphatic rings. The number of benzene rings is 2. The third kappa shape index (κ3) is 5.44. The van der Waals surface area contributed by atoms with E-state index in [-0.39, 0.29) is 6.61 Å². The molecule has 0 aliphatic heterocycles. The fourth-order valence-electron chi connectivity index (χ4n) is 2.76. The van der Waals surface area contributed by atoms with Crippen LogP contribution in [0, 0.1) is 0 Å². The average Bonchev–Trinajstić information content (AvgIpc) is 2.58. The van der Waals surface area contributed by atoms with Crippen molar-refractivity contribution in [1.29, 1.82) is 0 Å². The van der Waals surface area contributed by atoms with Crippen LogP contribution in [0.25, 0.3) is 6.08 Å². The quantitative estimate of drug-likeness (QED) is 0.360. The van der Waals surface area contributed by atoms with Crippen LogP contribution < -0.4 is 10.1 Å². The molecule has 0 unspecified atom stereocenters. The monoisotopic (exact) mass is 547 g/mol. The smallest absolute Gasteiger partial charge is 0.328 e. The SMILES string of the molecule is O=C(O)C=Cc1cc(Br)c(OCc2cc(Cl)cc(NC3CCC3)c2Cl)c(Br)c1. The maximum absolute atomic E-state index is 10.7. The number of carboxylic acids is 1. The molecular weight excluding hydrogens is 533 g/mol. The van der Waals surface area contributed by atoms with Crippen molar-refractivity contribution >= 4 is 72.8 Å². The van der Waals surface area contributed by atoms with Crippen LogP contribution in [0.3, 0.4) is 0 Å². The summed E-state index contributed by atoms with van der Waals surface area (Å²) in [6.45, 7) is 0.236. The molecule has 2 aromatic carbocycles. The van der Waals surface area contributed by atoms with Crippen molar-refractivity contribution in [2.45, 2.75) is 31.9 Å². The predicted octanol–water partition coefficient (Wildman–Crippen LogP) is 7.16. The van der Waals surface area contributed by atoms with E-state index in [1.165, 1.54) is 12.5 Å². The Balaban J connectivity index is 1.77. The third-order valence-corrected chi connectivity index (χ3v) is 6.23. The average molecular weight is 550 g/mol. The van der Waals surface area contributed by atoms with Crippen molar-refractivity contribution < 1.29 is 14.6 Å². The van der Waals surface area contributed by atoms with Gasteiger partial charge in [0.05, 0.1) is 19.7 Å². The molecule has 1 saturated carbocycles. The van der Waals surface area contributed by atoms with Gasteiger partial charge in [-0.1, -0.05) is 23.2 Å². The number of halogens is 4. The van der Waals surface area contributed by atoms with E-state index in [2.05, 4.69) is 37.2 Å². The van der Waals surface area contributed by atoms with Crippen LogP contribution in [0.15, 0.2) is 39.3 Å². The molecule has 2 N–H and O–H groups in total. The van der Waals surface area contributed by atoms with Crippen molar-refractivity contribution in [3.63, 3.8) is 0 Å². The second kappa shape index (κ2) is 9.53. The van der Waals surface area contributed by atoms with Gasteiger partial charge in [-0.3, -0.25) is 0 Å². The van der Waals surface area contributed by atoms with Gasteiger partial charge in [0.25, 0.3) is 0 Å². The van der Waals surface area contributed by atoms with Gasteiger partial charge in [0.2, 0.25) is 0 Å². The lowest BCUT2D eigenvalue weighted by Crippen LogP contribution is -2.27. The molecule has 3 rings (SSSR count). The number of hydrogen-bond acceptors (Lipinski definition) is 3. The first-order chi connectivity index (χ1) is 13.3. The molecule has 148 valence electrons. The van der Waals surface area contributed by atoms with Crippen LogP contribution in [0.5, 0.6) is 5.75 Å². The number of hydrogen-bond donors (Lipinski definition) is 2. The molecule has 8 heteroatoms. The molecule has 0 aromatic heterocycles. The molecule has 0 atom stereocenters. The summed E-state index contributed by atoms with van der Waals surface area (Å²) in [5.74, 6) is -0.411. The van der Waals surface area contributed by atoms with Crippen molar-refractivity contribution in [2.24, 2.45) is 0 Å². The van der Waals surface area contributed by atoms with Crippen molar-refractivity contribution in [2.75, 3.05) is 5.32 Å². The van der Waals surface area contributed by atoms with E-state index in [1.807, 2.05) is 6.07 Å². The molecule has 0 amide bonds. The molecule has 28 heavy (non-hydrogen) atoms. The molecule has 0 spiro atoms. The van der Waals surface area contributed by atoms with Gasteiger partial charge in [-0.15, -0.1) is 0 Å². The highest BCUT2D eigenvalue weighted by molar-refractivity contribution is 9.11. The Labute approximate surface area is 190 Å². The second-order valence-electron chi connectivity index (χ2n) is 6.47. The van der Waals surface area contributed by atoms with Crippen LogP contribution in [-0.2, 0) is 11.4 Å². The zero-order valence-electron chi connectivity index (χ0n) is 14.6. The number of ether oxygens (including phenoxy) is 1. The number of anilines is 1. The summed E-state index contributed by atoms with van der Waals surface area (Å²) in [7, 11) is 0. The third-order valence-electron chi connectivity index (χ3n) is 4.39. The highest BCUT2D eigenvalue weighted by atomic mass is 79.9. The highest BCUT2D eigenvalue weighted by Crippen LogP contribution is 2.38.